The predicted molar refractivity (Wildman–Crippen MR) is 82.7 cm³/mol. The molecule has 21 heavy (non-hydrogen) atoms. The van der Waals surface area contributed by atoms with E-state index in [4.69, 9.17) is 16.9 Å². The minimum atomic E-state index is -0.200. The summed E-state index contributed by atoms with van der Waals surface area (Å²) in [6.07, 6.45) is 0.833. The lowest BCUT2D eigenvalue weighted by molar-refractivity contribution is 0.624. The van der Waals surface area contributed by atoms with Crippen molar-refractivity contribution in [2.45, 2.75) is 19.9 Å². The van der Waals surface area contributed by atoms with Crippen molar-refractivity contribution >= 4 is 11.6 Å². The number of benzene rings is 2. The minimum absolute atomic E-state index is 0.200. The van der Waals surface area contributed by atoms with E-state index in [-0.39, 0.29) is 5.82 Å². The molecule has 2 aromatic rings. The Morgan fingerprint density at radius 1 is 1.19 bits per heavy atom. The summed E-state index contributed by atoms with van der Waals surface area (Å²) in [7, 11) is 0. The Morgan fingerprint density at radius 3 is 2.62 bits per heavy atom. The zero-order valence-electron chi connectivity index (χ0n) is 11.8. The average Bonchev–Trinajstić information content (AvgIpc) is 2.46. The third kappa shape index (κ3) is 4.29. The van der Waals surface area contributed by atoms with Gasteiger partial charge in [-0.3, -0.25) is 0 Å². The zero-order valence-corrected chi connectivity index (χ0v) is 12.5. The normalized spacial score (nSPS) is 10.4. The number of aryl methyl sites for hydroxylation is 1. The standard InChI is InChI=1S/C17H16ClFN2/c1-12-8-16(19)5-4-14(12)6-7-21-11-15-3-2-13(10-20)9-17(15)18/h2-5,8-9,21H,6-7,11H2,1H3. The molecule has 0 spiro atoms. The van der Waals surface area contributed by atoms with Gasteiger partial charge >= 0.3 is 0 Å². The van der Waals surface area contributed by atoms with E-state index >= 15 is 0 Å². The van der Waals surface area contributed by atoms with Gasteiger partial charge in [-0.05, 0) is 60.8 Å². The lowest BCUT2D eigenvalue weighted by Crippen LogP contribution is -2.17. The van der Waals surface area contributed by atoms with Gasteiger partial charge in [-0.1, -0.05) is 23.7 Å². The molecule has 0 saturated carbocycles. The van der Waals surface area contributed by atoms with Gasteiger partial charge in [-0.25, -0.2) is 4.39 Å². The molecular weight excluding hydrogens is 287 g/mol. The van der Waals surface area contributed by atoms with Gasteiger partial charge in [-0.2, -0.15) is 5.26 Å². The van der Waals surface area contributed by atoms with Crippen LogP contribution in [0.3, 0.4) is 0 Å². The summed E-state index contributed by atoms with van der Waals surface area (Å²) in [5.74, 6) is -0.200. The highest BCUT2D eigenvalue weighted by molar-refractivity contribution is 6.31. The number of hydrogen-bond acceptors (Lipinski definition) is 2. The van der Waals surface area contributed by atoms with E-state index in [9.17, 15) is 4.39 Å². The summed E-state index contributed by atoms with van der Waals surface area (Å²) in [6, 6.07) is 12.2. The number of hydrogen-bond donors (Lipinski definition) is 1. The lowest BCUT2D eigenvalue weighted by atomic mass is 10.1. The Hall–Kier alpha value is -1.89. The number of halogens is 2. The Morgan fingerprint density at radius 2 is 1.95 bits per heavy atom. The number of rotatable bonds is 5. The summed E-state index contributed by atoms with van der Waals surface area (Å²) >= 11 is 6.11. The van der Waals surface area contributed by atoms with Crippen LogP contribution in [0.25, 0.3) is 0 Å². The molecule has 0 saturated heterocycles. The van der Waals surface area contributed by atoms with Crippen LogP contribution in [0.2, 0.25) is 5.02 Å². The smallest absolute Gasteiger partial charge is 0.123 e. The van der Waals surface area contributed by atoms with Crippen LogP contribution in [0.1, 0.15) is 22.3 Å². The topological polar surface area (TPSA) is 35.8 Å². The maximum atomic E-state index is 13.0. The van der Waals surface area contributed by atoms with E-state index in [2.05, 4.69) is 11.4 Å². The fourth-order valence-electron chi connectivity index (χ4n) is 2.15. The Bertz CT molecular complexity index is 677. The molecule has 4 heteroatoms. The molecule has 2 nitrogen and oxygen atoms in total. The Balaban J connectivity index is 1.86. The van der Waals surface area contributed by atoms with Crippen molar-refractivity contribution in [2.24, 2.45) is 0 Å². The van der Waals surface area contributed by atoms with Gasteiger partial charge in [0.1, 0.15) is 5.82 Å². The second-order valence-electron chi connectivity index (χ2n) is 4.92. The largest absolute Gasteiger partial charge is 0.312 e. The molecule has 0 unspecified atom stereocenters. The summed E-state index contributed by atoms with van der Waals surface area (Å²) in [5, 5.41) is 12.7. The Labute approximate surface area is 129 Å². The fraction of sp³-hybridized carbons (Fsp3) is 0.235. The summed E-state index contributed by atoms with van der Waals surface area (Å²) in [6.45, 7) is 3.34. The third-order valence-electron chi connectivity index (χ3n) is 3.37. The van der Waals surface area contributed by atoms with Crippen molar-refractivity contribution < 1.29 is 4.39 Å². The van der Waals surface area contributed by atoms with Crippen molar-refractivity contribution in [3.05, 3.63) is 69.5 Å². The number of nitrogens with zero attached hydrogens (tertiary/aromatic N) is 1. The molecule has 108 valence electrons. The first kappa shape index (κ1) is 15.5. The first-order chi connectivity index (χ1) is 10.1. The fourth-order valence-corrected chi connectivity index (χ4v) is 2.39. The van der Waals surface area contributed by atoms with E-state index in [1.54, 1.807) is 18.2 Å². The quantitative estimate of drug-likeness (QED) is 0.848. The maximum Gasteiger partial charge on any atom is 0.123 e. The van der Waals surface area contributed by atoms with Crippen molar-refractivity contribution in [1.82, 2.24) is 5.32 Å². The first-order valence-corrected chi connectivity index (χ1v) is 7.12. The molecule has 0 aromatic heterocycles. The molecule has 0 heterocycles. The van der Waals surface area contributed by atoms with E-state index in [1.807, 2.05) is 19.1 Å². The highest BCUT2D eigenvalue weighted by Crippen LogP contribution is 2.17. The van der Waals surface area contributed by atoms with Crippen molar-refractivity contribution in [3.8, 4) is 6.07 Å². The molecule has 0 bridgehead atoms. The Kier molecular flexibility index (Phi) is 5.32. The molecule has 0 aliphatic heterocycles. The number of nitrogens with one attached hydrogen (secondary N) is 1. The second kappa shape index (κ2) is 7.21. The summed E-state index contributed by atoms with van der Waals surface area (Å²) in [5.41, 5.74) is 3.63. The molecule has 0 aliphatic carbocycles. The minimum Gasteiger partial charge on any atom is -0.312 e. The lowest BCUT2D eigenvalue weighted by Gasteiger charge is -2.09. The third-order valence-corrected chi connectivity index (χ3v) is 3.73. The van der Waals surface area contributed by atoms with Gasteiger partial charge in [0.2, 0.25) is 0 Å². The van der Waals surface area contributed by atoms with Crippen LogP contribution < -0.4 is 5.32 Å². The van der Waals surface area contributed by atoms with Gasteiger partial charge < -0.3 is 5.32 Å². The van der Waals surface area contributed by atoms with Crippen molar-refractivity contribution in [3.63, 3.8) is 0 Å². The highest BCUT2D eigenvalue weighted by atomic mass is 35.5. The van der Waals surface area contributed by atoms with E-state index in [0.717, 1.165) is 29.7 Å². The molecule has 0 amide bonds. The molecule has 0 atom stereocenters. The van der Waals surface area contributed by atoms with Gasteiger partial charge in [0.05, 0.1) is 11.6 Å². The van der Waals surface area contributed by atoms with Gasteiger partial charge in [0, 0.05) is 11.6 Å². The van der Waals surface area contributed by atoms with E-state index in [0.29, 0.717) is 17.1 Å². The monoisotopic (exact) mass is 302 g/mol. The zero-order chi connectivity index (χ0) is 15.2. The van der Waals surface area contributed by atoms with Crippen molar-refractivity contribution in [2.75, 3.05) is 6.54 Å². The van der Waals surface area contributed by atoms with Crippen LogP contribution >= 0.6 is 11.6 Å². The maximum absolute atomic E-state index is 13.0. The highest BCUT2D eigenvalue weighted by Gasteiger charge is 2.03. The van der Waals surface area contributed by atoms with Crippen LogP contribution in [0.5, 0.6) is 0 Å². The molecular formula is C17H16ClFN2. The molecule has 0 aliphatic rings. The van der Waals surface area contributed by atoms with E-state index in [1.165, 1.54) is 6.07 Å². The van der Waals surface area contributed by atoms with Crippen LogP contribution in [0.4, 0.5) is 4.39 Å². The van der Waals surface area contributed by atoms with Crippen molar-refractivity contribution in [1.29, 1.82) is 5.26 Å². The summed E-state index contributed by atoms with van der Waals surface area (Å²) in [4.78, 5) is 0. The average molecular weight is 303 g/mol. The van der Waals surface area contributed by atoms with Crippen LogP contribution in [0.15, 0.2) is 36.4 Å². The van der Waals surface area contributed by atoms with Crippen LogP contribution in [-0.2, 0) is 13.0 Å². The molecule has 1 N–H and O–H groups in total. The molecule has 0 fully saturated rings. The number of nitriles is 1. The molecule has 2 rings (SSSR count). The SMILES string of the molecule is Cc1cc(F)ccc1CCNCc1ccc(C#N)cc1Cl. The van der Waals surface area contributed by atoms with Crippen LogP contribution in [0, 0.1) is 24.1 Å². The van der Waals surface area contributed by atoms with Gasteiger partial charge in [0.25, 0.3) is 0 Å². The van der Waals surface area contributed by atoms with E-state index < -0.39 is 0 Å². The summed E-state index contributed by atoms with van der Waals surface area (Å²) < 4.78 is 13.0. The second-order valence-corrected chi connectivity index (χ2v) is 5.32. The molecule has 0 radical (unpaired) electrons. The predicted octanol–water partition coefficient (Wildman–Crippen LogP) is 3.99. The first-order valence-electron chi connectivity index (χ1n) is 6.74. The van der Waals surface area contributed by atoms with Gasteiger partial charge in [0.15, 0.2) is 0 Å². The van der Waals surface area contributed by atoms with Crippen LogP contribution in [-0.4, -0.2) is 6.54 Å². The molecule has 2 aromatic carbocycles. The van der Waals surface area contributed by atoms with Gasteiger partial charge in [-0.15, -0.1) is 0 Å².